The topological polar surface area (TPSA) is 26.3 Å². The van der Waals surface area contributed by atoms with Crippen molar-refractivity contribution in [2.24, 2.45) is 23.7 Å². The number of benzene rings is 1. The first kappa shape index (κ1) is 23.2. The van der Waals surface area contributed by atoms with Crippen LogP contribution >= 0.6 is 0 Å². The van der Waals surface area contributed by atoms with Gasteiger partial charge in [0.25, 0.3) is 0 Å². The van der Waals surface area contributed by atoms with Crippen LogP contribution in [0, 0.1) is 35.3 Å². The zero-order valence-corrected chi connectivity index (χ0v) is 18.7. The maximum absolute atomic E-state index is 14.4. The van der Waals surface area contributed by atoms with Crippen molar-refractivity contribution in [3.63, 3.8) is 0 Å². The summed E-state index contributed by atoms with van der Waals surface area (Å²) in [6.45, 7) is 4.28. The van der Waals surface area contributed by atoms with E-state index in [9.17, 15) is 13.6 Å². The lowest BCUT2D eigenvalue weighted by Gasteiger charge is -2.37. The minimum absolute atomic E-state index is 0.195. The van der Waals surface area contributed by atoms with Crippen LogP contribution in [-0.4, -0.2) is 5.97 Å². The Morgan fingerprint density at radius 3 is 2.13 bits per heavy atom. The summed E-state index contributed by atoms with van der Waals surface area (Å²) in [6, 6.07) is 2.95. The second kappa shape index (κ2) is 11.2. The fourth-order valence-corrected chi connectivity index (χ4v) is 5.59. The lowest BCUT2D eigenvalue weighted by Crippen LogP contribution is -2.30. The molecule has 0 unspecified atom stereocenters. The van der Waals surface area contributed by atoms with Crippen LogP contribution in [0.3, 0.4) is 0 Å². The van der Waals surface area contributed by atoms with Crippen LogP contribution in [0.25, 0.3) is 0 Å². The fourth-order valence-electron chi connectivity index (χ4n) is 5.59. The third-order valence-electron chi connectivity index (χ3n) is 7.50. The minimum Gasteiger partial charge on any atom is -0.423 e. The molecule has 1 aromatic rings. The van der Waals surface area contributed by atoms with Gasteiger partial charge in [0.15, 0.2) is 11.6 Å². The predicted molar refractivity (Wildman–Crippen MR) is 116 cm³/mol. The van der Waals surface area contributed by atoms with Crippen LogP contribution in [0.1, 0.15) is 96.5 Å². The standard InChI is InChI=1S/C26H38F2O2/c1-3-5-7-21-16-17-23(25(28)24(21)27)30-26(29)22-14-12-20(13-15-22)19-10-8-18(6-4-2)9-11-19/h16-20,22H,3-15H2,1-2H3. The highest BCUT2D eigenvalue weighted by Crippen LogP contribution is 2.42. The number of halogens is 2. The van der Waals surface area contributed by atoms with Crippen LogP contribution < -0.4 is 4.74 Å². The van der Waals surface area contributed by atoms with E-state index < -0.39 is 17.6 Å². The third kappa shape index (κ3) is 5.82. The number of carbonyl (C=O) groups is 1. The third-order valence-corrected chi connectivity index (χ3v) is 7.50. The maximum Gasteiger partial charge on any atom is 0.314 e. The van der Waals surface area contributed by atoms with E-state index in [1.165, 1.54) is 44.6 Å². The monoisotopic (exact) mass is 420 g/mol. The maximum atomic E-state index is 14.4. The van der Waals surface area contributed by atoms with Gasteiger partial charge in [0.2, 0.25) is 5.82 Å². The smallest absolute Gasteiger partial charge is 0.314 e. The van der Waals surface area contributed by atoms with Gasteiger partial charge in [-0.25, -0.2) is 4.39 Å². The minimum atomic E-state index is -1.03. The number of rotatable bonds is 8. The number of carbonyl (C=O) groups excluding carboxylic acids is 1. The van der Waals surface area contributed by atoms with E-state index in [-0.39, 0.29) is 11.7 Å². The van der Waals surface area contributed by atoms with Crippen LogP contribution in [0.5, 0.6) is 5.75 Å². The molecule has 2 fully saturated rings. The first-order valence-electron chi connectivity index (χ1n) is 12.2. The molecule has 4 heteroatoms. The van der Waals surface area contributed by atoms with Gasteiger partial charge in [-0.1, -0.05) is 52.0 Å². The van der Waals surface area contributed by atoms with Gasteiger partial charge in [0.05, 0.1) is 5.92 Å². The molecule has 0 spiro atoms. The summed E-state index contributed by atoms with van der Waals surface area (Å²) >= 11 is 0. The van der Waals surface area contributed by atoms with Crippen LogP contribution in [0.2, 0.25) is 0 Å². The lowest BCUT2D eigenvalue weighted by atomic mass is 9.69. The second-order valence-electron chi connectivity index (χ2n) is 9.56. The van der Waals surface area contributed by atoms with Crippen molar-refractivity contribution >= 4 is 5.97 Å². The van der Waals surface area contributed by atoms with E-state index in [0.29, 0.717) is 17.9 Å². The fraction of sp³-hybridized carbons (Fsp3) is 0.731. The molecule has 0 saturated heterocycles. The second-order valence-corrected chi connectivity index (χ2v) is 9.56. The Morgan fingerprint density at radius 1 is 0.900 bits per heavy atom. The van der Waals surface area contributed by atoms with E-state index in [1.54, 1.807) is 6.07 Å². The van der Waals surface area contributed by atoms with E-state index in [1.807, 2.05) is 6.92 Å². The number of hydrogen-bond donors (Lipinski definition) is 0. The summed E-state index contributed by atoms with van der Waals surface area (Å²) in [4.78, 5) is 12.6. The average Bonchev–Trinajstić information content (AvgIpc) is 2.77. The summed E-state index contributed by atoms with van der Waals surface area (Å²) in [7, 11) is 0. The van der Waals surface area contributed by atoms with Crippen molar-refractivity contribution in [1.82, 2.24) is 0 Å². The number of esters is 1. The summed E-state index contributed by atoms with van der Waals surface area (Å²) in [5, 5.41) is 0. The zero-order chi connectivity index (χ0) is 21.5. The Bertz CT molecular complexity index is 687. The van der Waals surface area contributed by atoms with E-state index in [2.05, 4.69) is 6.92 Å². The van der Waals surface area contributed by atoms with Crippen molar-refractivity contribution in [2.45, 2.75) is 97.3 Å². The molecule has 0 amide bonds. The zero-order valence-electron chi connectivity index (χ0n) is 18.7. The Morgan fingerprint density at radius 2 is 1.53 bits per heavy atom. The quantitative estimate of drug-likeness (QED) is 0.319. The molecular weight excluding hydrogens is 382 g/mol. The van der Waals surface area contributed by atoms with Crippen LogP contribution in [-0.2, 0) is 11.2 Å². The Balaban J connectivity index is 1.48. The molecule has 2 saturated carbocycles. The molecular formula is C26H38F2O2. The summed E-state index contributed by atoms with van der Waals surface area (Å²) in [5.41, 5.74) is 0.350. The molecule has 2 nitrogen and oxygen atoms in total. The number of aryl methyl sites for hydroxylation is 1. The van der Waals surface area contributed by atoms with Gasteiger partial charge >= 0.3 is 5.97 Å². The summed E-state index contributed by atoms with van der Waals surface area (Å²) in [6.07, 6.45) is 14.0. The molecule has 0 radical (unpaired) electrons. The van der Waals surface area contributed by atoms with Gasteiger partial charge < -0.3 is 4.74 Å². The largest absolute Gasteiger partial charge is 0.423 e. The molecule has 2 aliphatic carbocycles. The van der Waals surface area contributed by atoms with Crippen molar-refractivity contribution in [2.75, 3.05) is 0 Å². The Labute approximate surface area is 180 Å². The number of unbranched alkanes of at least 4 members (excludes halogenated alkanes) is 1. The van der Waals surface area contributed by atoms with Crippen LogP contribution in [0.15, 0.2) is 12.1 Å². The first-order valence-corrected chi connectivity index (χ1v) is 12.2. The molecule has 2 aliphatic rings. The van der Waals surface area contributed by atoms with E-state index in [0.717, 1.165) is 50.4 Å². The highest BCUT2D eigenvalue weighted by Gasteiger charge is 2.34. The summed E-state index contributed by atoms with van der Waals surface area (Å²) in [5.74, 6) is -0.346. The molecule has 0 heterocycles. The molecule has 1 aromatic carbocycles. The molecule has 30 heavy (non-hydrogen) atoms. The molecule has 3 rings (SSSR count). The molecule has 0 bridgehead atoms. The normalized spacial score (nSPS) is 27.1. The summed E-state index contributed by atoms with van der Waals surface area (Å²) < 4.78 is 33.9. The van der Waals surface area contributed by atoms with Gasteiger partial charge in [-0.15, -0.1) is 0 Å². The Kier molecular flexibility index (Phi) is 8.71. The molecule has 0 aliphatic heterocycles. The SMILES string of the molecule is CCCCc1ccc(OC(=O)C2CCC(C3CCC(CCC)CC3)CC2)c(F)c1F. The van der Waals surface area contributed by atoms with Gasteiger partial charge in [0, 0.05) is 0 Å². The highest BCUT2D eigenvalue weighted by molar-refractivity contribution is 5.75. The van der Waals surface area contributed by atoms with Crippen molar-refractivity contribution in [3.05, 3.63) is 29.3 Å². The predicted octanol–water partition coefficient (Wildman–Crippen LogP) is 7.63. The van der Waals surface area contributed by atoms with Crippen molar-refractivity contribution in [1.29, 1.82) is 0 Å². The van der Waals surface area contributed by atoms with Gasteiger partial charge in [-0.3, -0.25) is 4.79 Å². The van der Waals surface area contributed by atoms with E-state index >= 15 is 0 Å². The van der Waals surface area contributed by atoms with Gasteiger partial charge in [-0.2, -0.15) is 4.39 Å². The molecule has 168 valence electrons. The molecule has 0 N–H and O–H groups in total. The molecule has 0 atom stereocenters. The van der Waals surface area contributed by atoms with Gasteiger partial charge in [-0.05, 0) is 80.8 Å². The number of ether oxygens (including phenoxy) is 1. The van der Waals surface area contributed by atoms with Crippen LogP contribution in [0.4, 0.5) is 8.78 Å². The first-order chi connectivity index (χ1) is 14.5. The lowest BCUT2D eigenvalue weighted by molar-refractivity contribution is -0.140. The van der Waals surface area contributed by atoms with Crippen molar-refractivity contribution < 1.29 is 18.3 Å². The average molecular weight is 421 g/mol. The number of hydrogen-bond acceptors (Lipinski definition) is 2. The Hall–Kier alpha value is -1.45. The van der Waals surface area contributed by atoms with Gasteiger partial charge in [0.1, 0.15) is 0 Å². The van der Waals surface area contributed by atoms with Crippen molar-refractivity contribution in [3.8, 4) is 5.75 Å². The molecule has 0 aromatic heterocycles. The van der Waals surface area contributed by atoms with E-state index in [4.69, 9.17) is 4.74 Å². The highest BCUT2D eigenvalue weighted by atomic mass is 19.2.